The van der Waals surface area contributed by atoms with Gasteiger partial charge in [0.1, 0.15) is 13.2 Å². The Morgan fingerprint density at radius 2 is 0.977 bits per heavy atom. The average Bonchev–Trinajstić information content (AvgIpc) is 3.07. The zero-order chi connectivity index (χ0) is 31.1. The maximum Gasteiger partial charge on any atom is 0.409 e. The third-order valence-corrected chi connectivity index (χ3v) is 6.89. The summed E-state index contributed by atoms with van der Waals surface area (Å²) in [4.78, 5) is 25.3. The van der Waals surface area contributed by atoms with Crippen molar-refractivity contribution in [3.05, 3.63) is 143 Å². The van der Waals surface area contributed by atoms with Crippen molar-refractivity contribution in [3.63, 3.8) is 0 Å². The summed E-state index contributed by atoms with van der Waals surface area (Å²) in [7, 11) is -3.46. The van der Waals surface area contributed by atoms with Gasteiger partial charge in [0, 0.05) is 11.1 Å². The molecule has 0 saturated carbocycles. The number of amides is 2. The molecular formula is C32H27N4O7P. The molecule has 44 heavy (non-hydrogen) atoms. The molecule has 2 atom stereocenters. The number of nitrogens with one attached hydrogen (secondary N) is 2. The van der Waals surface area contributed by atoms with E-state index >= 15 is 0 Å². The summed E-state index contributed by atoms with van der Waals surface area (Å²) in [5.74, 6) is 0. The summed E-state index contributed by atoms with van der Waals surface area (Å²) in [5.41, 5.74) is 2.95. The van der Waals surface area contributed by atoms with E-state index in [0.717, 1.165) is 11.1 Å². The lowest BCUT2D eigenvalue weighted by Gasteiger charge is -2.23. The molecular weight excluding hydrogens is 583 g/mol. The van der Waals surface area contributed by atoms with Crippen molar-refractivity contribution >= 4 is 20.4 Å². The number of benzene rings is 4. The summed E-state index contributed by atoms with van der Waals surface area (Å²) in [6.07, 6.45) is -4.32. The van der Waals surface area contributed by atoms with E-state index in [4.69, 9.17) is 29.0 Å². The van der Waals surface area contributed by atoms with Gasteiger partial charge in [-0.05, 0) is 35.4 Å². The van der Waals surface area contributed by atoms with Crippen LogP contribution < -0.4 is 10.6 Å². The molecule has 0 aliphatic rings. The van der Waals surface area contributed by atoms with Crippen LogP contribution in [-0.2, 0) is 36.3 Å². The first-order chi connectivity index (χ1) is 21.4. The minimum absolute atomic E-state index is 0.0196. The lowest BCUT2D eigenvalue weighted by atomic mass is 10.1. The largest absolute Gasteiger partial charge is 0.445 e. The number of nitriles is 2. The van der Waals surface area contributed by atoms with Gasteiger partial charge in [0.25, 0.3) is 0 Å². The topological polar surface area (TPSA) is 160 Å². The zero-order valence-electron chi connectivity index (χ0n) is 23.2. The Hall–Kier alpha value is -5.45. The fourth-order valence-corrected chi connectivity index (χ4v) is 4.62. The van der Waals surface area contributed by atoms with Gasteiger partial charge < -0.3 is 9.47 Å². The molecule has 222 valence electrons. The van der Waals surface area contributed by atoms with Crippen molar-refractivity contribution in [2.45, 2.75) is 25.7 Å². The SMILES string of the molecule is N#Cc1ccc(C(NC(=O)OCc2ccccc2)O[PH](=O)OC(NC(=O)OCc2ccccc2)c2ccc(C#N)cc2)cc1. The minimum atomic E-state index is -3.46. The Kier molecular flexibility index (Phi) is 11.6. The van der Waals surface area contributed by atoms with Gasteiger partial charge in [-0.25, -0.2) is 9.59 Å². The summed E-state index contributed by atoms with van der Waals surface area (Å²) >= 11 is 0. The molecule has 0 aliphatic heterocycles. The van der Waals surface area contributed by atoms with Crippen LogP contribution in [0.4, 0.5) is 9.59 Å². The molecule has 0 spiro atoms. The molecule has 4 aromatic carbocycles. The van der Waals surface area contributed by atoms with Crippen LogP contribution in [0.2, 0.25) is 0 Å². The first-order valence-electron chi connectivity index (χ1n) is 13.3. The second-order valence-corrected chi connectivity index (χ2v) is 10.1. The summed E-state index contributed by atoms with van der Waals surface area (Å²) in [6.45, 7) is -0.0392. The lowest BCUT2D eigenvalue weighted by Crippen LogP contribution is -2.31. The number of hydrogen-bond acceptors (Lipinski definition) is 9. The molecule has 0 saturated heterocycles. The van der Waals surface area contributed by atoms with Gasteiger partial charge >= 0.3 is 20.4 Å². The van der Waals surface area contributed by atoms with Gasteiger partial charge in [-0.15, -0.1) is 0 Å². The van der Waals surface area contributed by atoms with Gasteiger partial charge in [0.05, 0.1) is 23.3 Å². The standard InChI is InChI=1S/C32H27N4O7P/c33-19-23-11-15-27(16-12-23)29(35-31(37)40-21-25-7-3-1-4-8-25)42-44(39)43-30(28-17-13-24(20-34)14-18-28)36-32(38)41-22-26-9-5-2-6-10-26/h1-18,29-30,44H,21-22H2,(H,35,37)(H,36,38). The highest BCUT2D eigenvalue weighted by atomic mass is 31.1. The highest BCUT2D eigenvalue weighted by Crippen LogP contribution is 2.37. The molecule has 12 heteroatoms. The van der Waals surface area contributed by atoms with Crippen molar-refractivity contribution in [3.8, 4) is 12.1 Å². The van der Waals surface area contributed by atoms with Crippen LogP contribution in [0.5, 0.6) is 0 Å². The van der Waals surface area contributed by atoms with Crippen molar-refractivity contribution in [2.24, 2.45) is 0 Å². The zero-order valence-corrected chi connectivity index (χ0v) is 24.2. The van der Waals surface area contributed by atoms with Crippen LogP contribution in [0.15, 0.2) is 109 Å². The maximum absolute atomic E-state index is 13.2. The molecule has 11 nitrogen and oxygen atoms in total. The van der Waals surface area contributed by atoms with E-state index in [-0.39, 0.29) is 13.2 Å². The molecule has 2 unspecified atom stereocenters. The van der Waals surface area contributed by atoms with E-state index in [1.807, 2.05) is 24.3 Å². The third-order valence-electron chi connectivity index (χ3n) is 6.04. The van der Waals surface area contributed by atoms with Gasteiger partial charge in [-0.1, -0.05) is 84.9 Å². The van der Waals surface area contributed by atoms with Gasteiger partial charge in [0.2, 0.25) is 0 Å². The number of carbonyl (C=O) groups is 2. The Morgan fingerprint density at radius 1 is 0.614 bits per heavy atom. The van der Waals surface area contributed by atoms with E-state index in [1.54, 1.807) is 48.5 Å². The Bertz CT molecular complexity index is 1520. The Balaban J connectivity index is 1.47. The van der Waals surface area contributed by atoms with Crippen LogP contribution in [0, 0.1) is 22.7 Å². The van der Waals surface area contributed by atoms with Gasteiger partial charge in [-0.3, -0.25) is 24.2 Å². The minimum Gasteiger partial charge on any atom is -0.445 e. The molecule has 0 bridgehead atoms. The number of nitrogens with zero attached hydrogens (tertiary/aromatic N) is 2. The first kappa shape index (κ1) is 31.5. The maximum atomic E-state index is 13.2. The van der Waals surface area contributed by atoms with E-state index < -0.39 is 32.9 Å². The lowest BCUT2D eigenvalue weighted by molar-refractivity contribution is 0.0758. The fraction of sp³-hybridized carbons (Fsp3) is 0.125. The second-order valence-electron chi connectivity index (χ2n) is 9.13. The van der Waals surface area contributed by atoms with Crippen molar-refractivity contribution in [2.75, 3.05) is 0 Å². The average molecular weight is 611 g/mol. The van der Waals surface area contributed by atoms with Crippen molar-refractivity contribution in [1.82, 2.24) is 10.6 Å². The molecule has 4 aromatic rings. The van der Waals surface area contributed by atoms with E-state index in [9.17, 15) is 14.2 Å². The monoisotopic (exact) mass is 610 g/mol. The highest BCUT2D eigenvalue weighted by Gasteiger charge is 2.24. The molecule has 0 fully saturated rings. The van der Waals surface area contributed by atoms with Crippen LogP contribution in [0.3, 0.4) is 0 Å². The first-order valence-corrected chi connectivity index (χ1v) is 14.5. The van der Waals surface area contributed by atoms with E-state index in [0.29, 0.717) is 22.3 Å². The summed E-state index contributed by atoms with van der Waals surface area (Å²) in [6, 6.07) is 34.1. The summed E-state index contributed by atoms with van der Waals surface area (Å²) in [5, 5.41) is 23.3. The molecule has 4 rings (SSSR count). The predicted molar refractivity (Wildman–Crippen MR) is 158 cm³/mol. The van der Waals surface area contributed by atoms with Crippen LogP contribution in [-0.4, -0.2) is 12.2 Å². The number of carbonyl (C=O) groups excluding carboxylic acids is 2. The molecule has 0 aromatic heterocycles. The molecule has 2 N–H and O–H groups in total. The van der Waals surface area contributed by atoms with Gasteiger partial charge in [-0.2, -0.15) is 10.5 Å². The fourth-order valence-electron chi connectivity index (χ4n) is 3.79. The quantitative estimate of drug-likeness (QED) is 0.137. The third kappa shape index (κ3) is 9.83. The van der Waals surface area contributed by atoms with Crippen LogP contribution >= 0.6 is 8.25 Å². The smallest absolute Gasteiger partial charge is 0.409 e. The number of alkyl carbamates (subject to hydrolysis) is 2. The normalized spacial score (nSPS) is 12.4. The Labute approximate surface area is 254 Å². The predicted octanol–water partition coefficient (Wildman–Crippen LogP) is 6.40. The number of hydrogen-bond donors (Lipinski definition) is 2. The van der Waals surface area contributed by atoms with Crippen LogP contribution in [0.25, 0.3) is 0 Å². The van der Waals surface area contributed by atoms with E-state index in [2.05, 4.69) is 10.6 Å². The van der Waals surface area contributed by atoms with Crippen molar-refractivity contribution in [1.29, 1.82) is 10.5 Å². The molecule has 0 aliphatic carbocycles. The Morgan fingerprint density at radius 3 is 1.32 bits per heavy atom. The van der Waals surface area contributed by atoms with Crippen LogP contribution in [0.1, 0.15) is 45.8 Å². The summed E-state index contributed by atoms with van der Waals surface area (Å²) < 4.78 is 35.0. The molecule has 0 radical (unpaired) electrons. The van der Waals surface area contributed by atoms with E-state index in [1.165, 1.54) is 48.5 Å². The van der Waals surface area contributed by atoms with Gasteiger partial charge in [0.15, 0.2) is 12.5 Å². The number of rotatable bonds is 12. The highest BCUT2D eigenvalue weighted by molar-refractivity contribution is 7.33. The molecule has 2 amide bonds. The second kappa shape index (κ2) is 16.3. The number of ether oxygens (including phenoxy) is 2. The van der Waals surface area contributed by atoms with Crippen molar-refractivity contribution < 1.29 is 32.7 Å². The molecule has 0 heterocycles.